The highest BCUT2D eigenvalue weighted by molar-refractivity contribution is 6.30. The van der Waals surface area contributed by atoms with Crippen LogP contribution < -0.4 is 0 Å². The number of imidazole rings is 1. The fraction of sp³-hybridized carbons (Fsp3) is 0.412. The van der Waals surface area contributed by atoms with Crippen LogP contribution in [-0.4, -0.2) is 25.1 Å². The van der Waals surface area contributed by atoms with Crippen LogP contribution in [0.25, 0.3) is 0 Å². The fourth-order valence-corrected chi connectivity index (χ4v) is 3.22. The van der Waals surface area contributed by atoms with Gasteiger partial charge < -0.3 is 9.67 Å². The van der Waals surface area contributed by atoms with Crippen LogP contribution in [0.4, 0.5) is 0 Å². The van der Waals surface area contributed by atoms with Gasteiger partial charge in [-0.2, -0.15) is 5.26 Å². The van der Waals surface area contributed by atoms with Gasteiger partial charge in [0.1, 0.15) is 17.4 Å². The predicted molar refractivity (Wildman–Crippen MR) is 89.5 cm³/mol. The van der Waals surface area contributed by atoms with Gasteiger partial charge in [0.15, 0.2) is 0 Å². The number of nitrogens with zero attached hydrogens (tertiary/aromatic N) is 3. The van der Waals surface area contributed by atoms with Crippen LogP contribution in [0.1, 0.15) is 30.5 Å². The molecule has 23 heavy (non-hydrogen) atoms. The Morgan fingerprint density at radius 3 is 2.65 bits per heavy atom. The van der Waals surface area contributed by atoms with E-state index in [4.69, 9.17) is 28.5 Å². The second kappa shape index (κ2) is 6.16. The molecule has 1 fully saturated rings. The van der Waals surface area contributed by atoms with Crippen LogP contribution in [0, 0.1) is 11.3 Å². The van der Waals surface area contributed by atoms with E-state index in [2.05, 4.69) is 11.1 Å². The quantitative estimate of drug-likeness (QED) is 0.811. The summed E-state index contributed by atoms with van der Waals surface area (Å²) in [5, 5.41) is 21.0. The fourth-order valence-electron chi connectivity index (χ4n) is 2.84. The summed E-state index contributed by atoms with van der Waals surface area (Å²) in [6.07, 6.45) is 5.83. The maximum absolute atomic E-state index is 11.2. The SMILES string of the molecule is N#Cc1cncn1CC(O)(CCc1ccc(Cl)cc1)C1(Cl)CC1. The first-order valence-electron chi connectivity index (χ1n) is 7.52. The molecule has 6 heteroatoms. The summed E-state index contributed by atoms with van der Waals surface area (Å²) in [4.78, 5) is 3.36. The first-order chi connectivity index (χ1) is 11.0. The first kappa shape index (κ1) is 16.3. The van der Waals surface area contributed by atoms with Crippen molar-refractivity contribution in [3.8, 4) is 6.07 Å². The van der Waals surface area contributed by atoms with E-state index in [1.54, 1.807) is 10.9 Å². The minimum absolute atomic E-state index is 0.271. The van der Waals surface area contributed by atoms with E-state index in [1.807, 2.05) is 24.3 Å². The van der Waals surface area contributed by atoms with E-state index >= 15 is 0 Å². The number of nitriles is 1. The molecule has 1 atom stereocenters. The second-order valence-electron chi connectivity index (χ2n) is 6.14. The molecule has 0 bridgehead atoms. The zero-order chi connectivity index (χ0) is 16.5. The number of rotatable bonds is 6. The summed E-state index contributed by atoms with van der Waals surface area (Å²) in [6.45, 7) is 0.271. The molecular formula is C17H17Cl2N3O. The number of hydrogen-bond donors (Lipinski definition) is 1. The molecule has 2 aromatic rings. The molecule has 1 heterocycles. The van der Waals surface area contributed by atoms with Crippen molar-refractivity contribution >= 4 is 23.2 Å². The van der Waals surface area contributed by atoms with Crippen molar-refractivity contribution in [1.29, 1.82) is 5.26 Å². The molecule has 1 aromatic heterocycles. The smallest absolute Gasteiger partial charge is 0.139 e. The highest BCUT2D eigenvalue weighted by Gasteiger charge is 2.57. The highest BCUT2D eigenvalue weighted by Crippen LogP contribution is 2.53. The van der Waals surface area contributed by atoms with Gasteiger partial charge in [-0.1, -0.05) is 23.7 Å². The van der Waals surface area contributed by atoms with Crippen LogP contribution in [0.3, 0.4) is 0 Å². The molecule has 0 aliphatic heterocycles. The van der Waals surface area contributed by atoms with Crippen molar-refractivity contribution in [2.45, 2.75) is 42.7 Å². The van der Waals surface area contributed by atoms with Crippen LogP contribution in [0.5, 0.6) is 0 Å². The zero-order valence-corrected chi connectivity index (χ0v) is 14.1. The number of benzene rings is 1. The molecule has 120 valence electrons. The van der Waals surface area contributed by atoms with E-state index in [1.165, 1.54) is 6.20 Å². The minimum atomic E-state index is -1.08. The molecule has 1 aliphatic rings. The lowest BCUT2D eigenvalue weighted by molar-refractivity contribution is 0.00247. The van der Waals surface area contributed by atoms with Gasteiger partial charge in [-0.25, -0.2) is 4.98 Å². The van der Waals surface area contributed by atoms with Crippen molar-refractivity contribution in [1.82, 2.24) is 9.55 Å². The summed E-state index contributed by atoms with van der Waals surface area (Å²) in [5.74, 6) is 0. The molecule has 0 amide bonds. The van der Waals surface area contributed by atoms with Gasteiger partial charge in [-0.15, -0.1) is 11.6 Å². The molecule has 1 saturated carbocycles. The Labute approximate surface area is 145 Å². The van der Waals surface area contributed by atoms with E-state index < -0.39 is 10.5 Å². The molecule has 1 aliphatic carbocycles. The molecule has 4 nitrogen and oxygen atoms in total. The summed E-state index contributed by atoms with van der Waals surface area (Å²) in [7, 11) is 0. The standard InChI is InChI=1S/C17H17Cl2N3O/c18-14-3-1-13(2-4-14)5-6-17(23,16(19)7-8-16)11-22-12-21-10-15(22)9-20/h1-4,10,12,23H,5-8,11H2. The largest absolute Gasteiger partial charge is 0.386 e. The Kier molecular flexibility index (Phi) is 4.37. The van der Waals surface area contributed by atoms with Gasteiger partial charge in [-0.05, 0) is 43.4 Å². The predicted octanol–water partition coefficient (Wildman–Crippen LogP) is 3.54. The number of aliphatic hydroxyl groups is 1. The van der Waals surface area contributed by atoms with Crippen molar-refractivity contribution in [2.75, 3.05) is 0 Å². The summed E-state index contributed by atoms with van der Waals surface area (Å²) < 4.78 is 1.67. The van der Waals surface area contributed by atoms with Crippen LogP contribution in [0.2, 0.25) is 5.02 Å². The minimum Gasteiger partial charge on any atom is -0.386 e. The second-order valence-corrected chi connectivity index (χ2v) is 7.30. The Balaban J connectivity index is 1.77. The van der Waals surface area contributed by atoms with Crippen molar-refractivity contribution in [3.05, 3.63) is 53.1 Å². The lowest BCUT2D eigenvalue weighted by Gasteiger charge is -2.33. The third-order valence-corrected chi connectivity index (χ3v) is 5.50. The zero-order valence-electron chi connectivity index (χ0n) is 12.5. The summed E-state index contributed by atoms with van der Waals surface area (Å²) in [6, 6.07) is 9.67. The van der Waals surface area contributed by atoms with Gasteiger partial charge in [0.25, 0.3) is 0 Å². The first-order valence-corrected chi connectivity index (χ1v) is 8.27. The van der Waals surface area contributed by atoms with Crippen LogP contribution >= 0.6 is 23.2 Å². The number of alkyl halides is 1. The number of halogens is 2. The van der Waals surface area contributed by atoms with Gasteiger partial charge in [-0.3, -0.25) is 0 Å². The molecule has 3 rings (SSSR count). The number of hydrogen-bond acceptors (Lipinski definition) is 3. The molecule has 1 N–H and O–H groups in total. The average molecular weight is 350 g/mol. The maximum Gasteiger partial charge on any atom is 0.139 e. The van der Waals surface area contributed by atoms with Crippen molar-refractivity contribution in [2.24, 2.45) is 0 Å². The van der Waals surface area contributed by atoms with Crippen LogP contribution in [0.15, 0.2) is 36.8 Å². The lowest BCUT2D eigenvalue weighted by atomic mass is 9.89. The lowest BCUT2D eigenvalue weighted by Crippen LogP contribution is -2.45. The van der Waals surface area contributed by atoms with E-state index in [0.29, 0.717) is 23.6 Å². The van der Waals surface area contributed by atoms with Gasteiger partial charge in [0.2, 0.25) is 0 Å². The molecule has 0 spiro atoms. The Morgan fingerprint density at radius 1 is 1.35 bits per heavy atom. The average Bonchev–Trinajstić information content (AvgIpc) is 3.15. The Morgan fingerprint density at radius 2 is 2.04 bits per heavy atom. The third-order valence-electron chi connectivity index (χ3n) is 4.52. The van der Waals surface area contributed by atoms with E-state index in [9.17, 15) is 5.11 Å². The normalized spacial score (nSPS) is 18.2. The molecule has 0 saturated heterocycles. The Hall–Kier alpha value is -1.54. The van der Waals surface area contributed by atoms with Crippen molar-refractivity contribution in [3.63, 3.8) is 0 Å². The van der Waals surface area contributed by atoms with Gasteiger partial charge >= 0.3 is 0 Å². The summed E-state index contributed by atoms with van der Waals surface area (Å²) >= 11 is 12.5. The molecular weight excluding hydrogens is 333 g/mol. The highest BCUT2D eigenvalue weighted by atomic mass is 35.5. The van der Waals surface area contributed by atoms with Crippen LogP contribution in [-0.2, 0) is 13.0 Å². The van der Waals surface area contributed by atoms with Gasteiger partial charge in [0, 0.05) is 5.02 Å². The number of aromatic nitrogens is 2. The Bertz CT molecular complexity index is 731. The maximum atomic E-state index is 11.2. The topological polar surface area (TPSA) is 61.8 Å². The van der Waals surface area contributed by atoms with E-state index in [0.717, 1.165) is 18.4 Å². The van der Waals surface area contributed by atoms with E-state index in [-0.39, 0.29) is 6.54 Å². The van der Waals surface area contributed by atoms with Crippen molar-refractivity contribution < 1.29 is 5.11 Å². The van der Waals surface area contributed by atoms with Gasteiger partial charge in [0.05, 0.1) is 23.9 Å². The third kappa shape index (κ3) is 3.37. The summed E-state index contributed by atoms with van der Waals surface area (Å²) in [5.41, 5.74) is 0.441. The molecule has 1 unspecified atom stereocenters. The number of aryl methyl sites for hydroxylation is 1. The molecule has 0 radical (unpaired) electrons. The molecule has 1 aromatic carbocycles. The monoisotopic (exact) mass is 349 g/mol.